The molecule has 3 amide bonds. The number of hydrogen-bond donors (Lipinski definition) is 1. The second kappa shape index (κ2) is 8.83. The van der Waals surface area contributed by atoms with Crippen LogP contribution in [0.4, 0.5) is 10.5 Å². The monoisotopic (exact) mass is 452 g/mol. The first kappa shape index (κ1) is 21.0. The molecule has 6 nitrogen and oxygen atoms in total. The number of nitrogens with zero attached hydrogens (tertiary/aromatic N) is 1. The second-order valence-corrected chi connectivity index (χ2v) is 8.16. The Morgan fingerprint density at radius 2 is 1.94 bits per heavy atom. The van der Waals surface area contributed by atoms with Gasteiger partial charge in [-0.15, -0.1) is 0 Å². The quantitative estimate of drug-likeness (QED) is 0.540. The molecule has 156 valence electrons. The maximum Gasteiger partial charge on any atom is 0.294 e. The SMILES string of the molecule is COc1ccc2ccccc2c1/C=C1/SC(=O)N(CC(=O)Nc2cccc(Cl)c2)C1=O. The van der Waals surface area contributed by atoms with Crippen molar-refractivity contribution in [1.29, 1.82) is 0 Å². The number of benzene rings is 3. The Labute approximate surface area is 187 Å². The molecule has 1 aliphatic heterocycles. The van der Waals surface area contributed by atoms with E-state index in [-0.39, 0.29) is 11.4 Å². The zero-order valence-electron chi connectivity index (χ0n) is 16.4. The van der Waals surface area contributed by atoms with E-state index in [4.69, 9.17) is 16.3 Å². The summed E-state index contributed by atoms with van der Waals surface area (Å²) in [6.07, 6.45) is 1.64. The summed E-state index contributed by atoms with van der Waals surface area (Å²) < 4.78 is 5.45. The lowest BCUT2D eigenvalue weighted by Gasteiger charge is -2.13. The average molecular weight is 453 g/mol. The molecule has 1 aliphatic rings. The predicted octanol–water partition coefficient (Wildman–Crippen LogP) is 5.18. The standard InChI is InChI=1S/C23H17ClN2O4S/c1-30-19-10-9-14-5-2-3-8-17(14)18(19)12-20-22(28)26(23(29)31-20)13-21(27)25-16-7-4-6-15(24)11-16/h2-12H,13H2,1H3,(H,25,27)/b20-12+. The van der Waals surface area contributed by atoms with Crippen molar-refractivity contribution < 1.29 is 19.1 Å². The molecule has 0 bridgehead atoms. The van der Waals surface area contributed by atoms with Crippen LogP contribution in [-0.4, -0.2) is 35.6 Å². The number of halogens is 1. The summed E-state index contributed by atoms with van der Waals surface area (Å²) in [5, 5.41) is 4.48. The van der Waals surface area contributed by atoms with Gasteiger partial charge in [0.2, 0.25) is 5.91 Å². The van der Waals surface area contributed by atoms with Gasteiger partial charge in [-0.2, -0.15) is 0 Å². The highest BCUT2D eigenvalue weighted by atomic mass is 35.5. The molecule has 0 radical (unpaired) electrons. The Kier molecular flexibility index (Phi) is 5.97. The molecule has 0 aromatic heterocycles. The summed E-state index contributed by atoms with van der Waals surface area (Å²) in [7, 11) is 1.55. The fraction of sp³-hybridized carbons (Fsp3) is 0.0870. The fourth-order valence-electron chi connectivity index (χ4n) is 3.28. The molecule has 8 heteroatoms. The van der Waals surface area contributed by atoms with Gasteiger partial charge in [0, 0.05) is 16.3 Å². The number of methoxy groups -OCH3 is 1. The van der Waals surface area contributed by atoms with Crippen LogP contribution in [0.5, 0.6) is 5.75 Å². The zero-order valence-corrected chi connectivity index (χ0v) is 18.0. The lowest BCUT2D eigenvalue weighted by atomic mass is 10.0. The maximum atomic E-state index is 12.9. The normalized spacial score (nSPS) is 15.0. The lowest BCUT2D eigenvalue weighted by molar-refractivity contribution is -0.127. The van der Waals surface area contributed by atoms with Crippen LogP contribution in [-0.2, 0) is 9.59 Å². The molecule has 0 saturated carbocycles. The van der Waals surface area contributed by atoms with Gasteiger partial charge in [0.25, 0.3) is 11.1 Å². The fourth-order valence-corrected chi connectivity index (χ4v) is 4.29. The Balaban J connectivity index is 1.58. The van der Waals surface area contributed by atoms with Gasteiger partial charge in [-0.05, 0) is 52.9 Å². The van der Waals surface area contributed by atoms with Crippen LogP contribution in [0.15, 0.2) is 65.6 Å². The van der Waals surface area contributed by atoms with Crippen LogP contribution < -0.4 is 10.1 Å². The van der Waals surface area contributed by atoms with E-state index < -0.39 is 17.1 Å². The molecule has 4 rings (SSSR count). The van der Waals surface area contributed by atoms with Crippen molar-refractivity contribution in [2.24, 2.45) is 0 Å². The minimum absolute atomic E-state index is 0.232. The highest BCUT2D eigenvalue weighted by Gasteiger charge is 2.36. The van der Waals surface area contributed by atoms with E-state index >= 15 is 0 Å². The van der Waals surface area contributed by atoms with Gasteiger partial charge >= 0.3 is 0 Å². The largest absolute Gasteiger partial charge is 0.496 e. The highest BCUT2D eigenvalue weighted by molar-refractivity contribution is 8.18. The number of hydrogen-bond acceptors (Lipinski definition) is 5. The van der Waals surface area contributed by atoms with Crippen LogP contribution in [0.25, 0.3) is 16.8 Å². The molecule has 1 fully saturated rings. The summed E-state index contributed by atoms with van der Waals surface area (Å²) in [5.74, 6) is -0.427. The number of ether oxygens (including phenoxy) is 1. The van der Waals surface area contributed by atoms with Crippen LogP contribution in [0.1, 0.15) is 5.56 Å². The Bertz CT molecular complexity index is 1240. The van der Waals surface area contributed by atoms with E-state index in [1.165, 1.54) is 0 Å². The van der Waals surface area contributed by atoms with E-state index in [1.54, 1.807) is 37.5 Å². The summed E-state index contributed by atoms with van der Waals surface area (Å²) >= 11 is 6.71. The molecule has 1 saturated heterocycles. The number of rotatable bonds is 5. The van der Waals surface area contributed by atoms with Crippen LogP contribution in [0.2, 0.25) is 5.02 Å². The van der Waals surface area contributed by atoms with E-state index in [2.05, 4.69) is 5.32 Å². The van der Waals surface area contributed by atoms with Crippen molar-refractivity contribution in [3.8, 4) is 5.75 Å². The third-order valence-electron chi connectivity index (χ3n) is 4.71. The van der Waals surface area contributed by atoms with Crippen LogP contribution >= 0.6 is 23.4 Å². The topological polar surface area (TPSA) is 75.7 Å². The molecule has 1 N–H and O–H groups in total. The molecule has 3 aromatic rings. The molecule has 1 heterocycles. The van der Waals surface area contributed by atoms with Crippen molar-refractivity contribution in [2.45, 2.75) is 0 Å². The van der Waals surface area contributed by atoms with Gasteiger partial charge in [-0.1, -0.05) is 48.0 Å². The number of fused-ring (bicyclic) bond motifs is 1. The molecule has 31 heavy (non-hydrogen) atoms. The minimum Gasteiger partial charge on any atom is -0.496 e. The van der Waals surface area contributed by atoms with Crippen molar-refractivity contribution in [2.75, 3.05) is 19.0 Å². The smallest absolute Gasteiger partial charge is 0.294 e. The molecule has 0 unspecified atom stereocenters. The van der Waals surface area contributed by atoms with Gasteiger partial charge in [-0.3, -0.25) is 19.3 Å². The molecular weight excluding hydrogens is 436 g/mol. The Morgan fingerprint density at radius 1 is 1.13 bits per heavy atom. The molecular formula is C23H17ClN2O4S. The van der Waals surface area contributed by atoms with Crippen molar-refractivity contribution in [3.63, 3.8) is 0 Å². The Morgan fingerprint density at radius 3 is 2.71 bits per heavy atom. The van der Waals surface area contributed by atoms with E-state index in [9.17, 15) is 14.4 Å². The number of thioether (sulfide) groups is 1. The highest BCUT2D eigenvalue weighted by Crippen LogP contribution is 2.36. The Hall–Kier alpha value is -3.29. The third kappa shape index (κ3) is 4.42. The number of amides is 3. The summed E-state index contributed by atoms with van der Waals surface area (Å²) in [6, 6.07) is 18.1. The van der Waals surface area contributed by atoms with E-state index in [1.807, 2.05) is 36.4 Å². The first-order valence-electron chi connectivity index (χ1n) is 9.33. The molecule has 0 aliphatic carbocycles. The molecule has 0 atom stereocenters. The number of nitrogens with one attached hydrogen (secondary N) is 1. The summed E-state index contributed by atoms with van der Waals surface area (Å²) in [4.78, 5) is 38.8. The van der Waals surface area contributed by atoms with Crippen LogP contribution in [0, 0.1) is 0 Å². The minimum atomic E-state index is -0.522. The molecule has 0 spiro atoms. The number of imide groups is 1. The summed E-state index contributed by atoms with van der Waals surface area (Å²) in [6.45, 7) is -0.388. The van der Waals surface area contributed by atoms with Crippen molar-refractivity contribution in [3.05, 3.63) is 76.2 Å². The number of anilines is 1. The first-order chi connectivity index (χ1) is 15.0. The van der Waals surface area contributed by atoms with Crippen molar-refractivity contribution in [1.82, 2.24) is 4.90 Å². The average Bonchev–Trinajstić information content (AvgIpc) is 3.01. The van der Waals surface area contributed by atoms with Crippen molar-refractivity contribution >= 4 is 63.0 Å². The van der Waals surface area contributed by atoms with Gasteiger partial charge in [0.1, 0.15) is 12.3 Å². The summed E-state index contributed by atoms with van der Waals surface area (Å²) in [5.41, 5.74) is 1.19. The first-order valence-corrected chi connectivity index (χ1v) is 10.5. The maximum absolute atomic E-state index is 12.9. The molecule has 3 aromatic carbocycles. The van der Waals surface area contributed by atoms with Gasteiger partial charge in [0.15, 0.2) is 0 Å². The number of carbonyl (C=O) groups is 3. The van der Waals surface area contributed by atoms with Crippen LogP contribution in [0.3, 0.4) is 0 Å². The van der Waals surface area contributed by atoms with Gasteiger partial charge < -0.3 is 10.1 Å². The van der Waals surface area contributed by atoms with Gasteiger partial charge in [-0.25, -0.2) is 0 Å². The number of carbonyl (C=O) groups excluding carboxylic acids is 3. The predicted molar refractivity (Wildman–Crippen MR) is 123 cm³/mol. The van der Waals surface area contributed by atoms with E-state index in [0.29, 0.717) is 22.0 Å². The zero-order chi connectivity index (χ0) is 22.0. The van der Waals surface area contributed by atoms with E-state index in [0.717, 1.165) is 27.4 Å². The lowest BCUT2D eigenvalue weighted by Crippen LogP contribution is -2.36. The van der Waals surface area contributed by atoms with Gasteiger partial charge in [0.05, 0.1) is 12.0 Å². The second-order valence-electron chi connectivity index (χ2n) is 6.73. The third-order valence-corrected chi connectivity index (χ3v) is 5.85.